The van der Waals surface area contributed by atoms with Gasteiger partial charge in [-0.05, 0) is 43.0 Å². The predicted molar refractivity (Wildman–Crippen MR) is 127 cm³/mol. The van der Waals surface area contributed by atoms with Crippen molar-refractivity contribution < 1.29 is 4.74 Å². The van der Waals surface area contributed by atoms with Crippen molar-refractivity contribution in [3.63, 3.8) is 0 Å². The molecule has 32 heavy (non-hydrogen) atoms. The van der Waals surface area contributed by atoms with Gasteiger partial charge in [0.2, 0.25) is 11.4 Å². The van der Waals surface area contributed by atoms with Crippen LogP contribution in [0, 0.1) is 0 Å². The molecule has 0 aliphatic carbocycles. The maximum Gasteiger partial charge on any atom is 0.249 e. The summed E-state index contributed by atoms with van der Waals surface area (Å²) in [6, 6.07) is 17.6. The molecule has 1 N–H and O–H groups in total. The van der Waals surface area contributed by atoms with Gasteiger partial charge >= 0.3 is 0 Å². The van der Waals surface area contributed by atoms with Crippen molar-refractivity contribution in [2.24, 2.45) is 0 Å². The number of unbranched alkanes of at least 4 members (excludes halogenated alkanes) is 1. The quantitative estimate of drug-likeness (QED) is 0.454. The number of pyridine rings is 3. The summed E-state index contributed by atoms with van der Waals surface area (Å²) in [4.78, 5) is 28.2. The van der Waals surface area contributed by atoms with E-state index in [2.05, 4.69) is 55.1 Å². The molecular weight excluding hydrogens is 402 g/mol. The van der Waals surface area contributed by atoms with Crippen molar-refractivity contribution >= 4 is 27.6 Å². The maximum atomic E-state index is 11.5. The van der Waals surface area contributed by atoms with E-state index in [1.165, 1.54) is 16.8 Å². The molecule has 164 valence electrons. The number of hydrogen-bond acceptors (Lipinski definition) is 6. The van der Waals surface area contributed by atoms with Crippen molar-refractivity contribution in [3.8, 4) is 5.88 Å². The predicted octanol–water partition coefficient (Wildman–Crippen LogP) is 3.45. The lowest BCUT2D eigenvalue weighted by Crippen LogP contribution is -2.47. The van der Waals surface area contributed by atoms with Gasteiger partial charge < -0.3 is 14.6 Å². The molecule has 3 aromatic heterocycles. The van der Waals surface area contributed by atoms with Gasteiger partial charge in [-0.25, -0.2) is 4.98 Å². The lowest BCUT2D eigenvalue weighted by molar-refractivity contribution is 0.236. The van der Waals surface area contributed by atoms with Gasteiger partial charge in [0.25, 0.3) is 0 Å². The largest absolute Gasteiger partial charge is 0.478 e. The highest BCUT2D eigenvalue weighted by Gasteiger charge is 2.19. The summed E-state index contributed by atoms with van der Waals surface area (Å²) < 4.78 is 5.79. The van der Waals surface area contributed by atoms with Crippen molar-refractivity contribution in [3.05, 3.63) is 71.1 Å². The summed E-state index contributed by atoms with van der Waals surface area (Å²) in [6.45, 7) is 5.78. The molecular formula is C25H27N5O2. The van der Waals surface area contributed by atoms with Crippen molar-refractivity contribution in [2.45, 2.75) is 12.8 Å². The van der Waals surface area contributed by atoms with Gasteiger partial charge in [0.05, 0.1) is 6.61 Å². The molecule has 4 aromatic rings. The van der Waals surface area contributed by atoms with Crippen LogP contribution in [0.1, 0.15) is 12.8 Å². The number of benzene rings is 1. The molecule has 1 aromatic carbocycles. The van der Waals surface area contributed by atoms with Crippen LogP contribution in [0.2, 0.25) is 0 Å². The van der Waals surface area contributed by atoms with E-state index in [4.69, 9.17) is 4.74 Å². The normalized spacial score (nSPS) is 14.8. The minimum atomic E-state index is -0.154. The Bertz CT molecular complexity index is 1260. The van der Waals surface area contributed by atoms with E-state index in [1.807, 2.05) is 18.3 Å². The lowest BCUT2D eigenvalue weighted by Gasteiger charge is -2.35. The second-order valence-electron chi connectivity index (χ2n) is 8.15. The topological polar surface area (TPSA) is 74.3 Å². The second-order valence-corrected chi connectivity index (χ2v) is 8.15. The molecule has 1 fully saturated rings. The zero-order chi connectivity index (χ0) is 21.8. The zero-order valence-corrected chi connectivity index (χ0v) is 18.0. The number of rotatable bonds is 7. The van der Waals surface area contributed by atoms with Gasteiger partial charge in [0, 0.05) is 55.3 Å². The second kappa shape index (κ2) is 9.36. The van der Waals surface area contributed by atoms with Gasteiger partial charge in [0.15, 0.2) is 0 Å². The average molecular weight is 430 g/mol. The van der Waals surface area contributed by atoms with Crippen molar-refractivity contribution in [2.75, 3.05) is 44.2 Å². The number of aromatic amines is 1. The van der Waals surface area contributed by atoms with Crippen LogP contribution in [0.25, 0.3) is 21.8 Å². The third-order valence-electron chi connectivity index (χ3n) is 6.00. The van der Waals surface area contributed by atoms with Gasteiger partial charge in [-0.1, -0.05) is 24.3 Å². The summed E-state index contributed by atoms with van der Waals surface area (Å²) in [7, 11) is 0. The van der Waals surface area contributed by atoms with E-state index in [0.717, 1.165) is 56.8 Å². The van der Waals surface area contributed by atoms with Crippen LogP contribution in [0.5, 0.6) is 5.88 Å². The maximum absolute atomic E-state index is 11.5. The Balaban J connectivity index is 1.06. The van der Waals surface area contributed by atoms with Crippen molar-refractivity contribution in [1.29, 1.82) is 0 Å². The number of anilines is 1. The zero-order valence-electron chi connectivity index (χ0n) is 18.0. The minimum absolute atomic E-state index is 0.154. The number of aromatic nitrogens is 3. The Morgan fingerprint density at radius 2 is 1.75 bits per heavy atom. The first kappa shape index (κ1) is 20.5. The van der Waals surface area contributed by atoms with Crippen LogP contribution < -0.4 is 15.2 Å². The summed E-state index contributed by atoms with van der Waals surface area (Å²) in [5.41, 5.74) is 0.409. The smallest absolute Gasteiger partial charge is 0.249 e. The molecule has 0 saturated carbocycles. The summed E-state index contributed by atoms with van der Waals surface area (Å²) in [5, 5.41) is 3.37. The number of nitrogens with zero attached hydrogens (tertiary/aromatic N) is 4. The lowest BCUT2D eigenvalue weighted by atomic mass is 10.1. The number of hydrogen-bond donors (Lipinski definition) is 1. The van der Waals surface area contributed by atoms with E-state index in [-0.39, 0.29) is 5.56 Å². The molecule has 1 saturated heterocycles. The van der Waals surface area contributed by atoms with Gasteiger partial charge in [0.1, 0.15) is 11.5 Å². The Morgan fingerprint density at radius 1 is 0.906 bits per heavy atom. The Labute approximate surface area is 186 Å². The summed E-state index contributed by atoms with van der Waals surface area (Å²) in [5.74, 6) is 1.65. The van der Waals surface area contributed by atoms with Crippen molar-refractivity contribution in [1.82, 2.24) is 19.9 Å². The molecule has 4 heterocycles. The molecule has 0 radical (unpaired) electrons. The van der Waals surface area contributed by atoms with E-state index in [1.54, 1.807) is 6.07 Å². The van der Waals surface area contributed by atoms with Crippen LogP contribution in [0.4, 0.5) is 5.82 Å². The Morgan fingerprint density at radius 3 is 2.66 bits per heavy atom. The molecule has 7 heteroatoms. The Kier molecular flexibility index (Phi) is 5.98. The summed E-state index contributed by atoms with van der Waals surface area (Å²) in [6.07, 6.45) is 3.96. The molecule has 0 unspecified atom stereocenters. The molecule has 0 bridgehead atoms. The standard InChI is InChI=1S/C25H27N5O2/c31-22-9-7-20-8-10-23(28-24(20)27-22)32-18-4-3-13-29-14-16-30(17-15-29)25-21-6-2-1-5-19(21)11-12-26-25/h1-2,5-12H,3-4,13-18H2,(H,27,28,31). The molecule has 0 atom stereocenters. The molecule has 7 nitrogen and oxygen atoms in total. The van der Waals surface area contributed by atoms with Crippen LogP contribution in [0.15, 0.2) is 65.6 Å². The summed E-state index contributed by atoms with van der Waals surface area (Å²) >= 11 is 0. The van der Waals surface area contributed by atoms with E-state index >= 15 is 0 Å². The Hall–Kier alpha value is -3.45. The van der Waals surface area contributed by atoms with Crippen LogP contribution in [0.3, 0.4) is 0 Å². The average Bonchev–Trinajstić information content (AvgIpc) is 2.83. The molecule has 0 amide bonds. The fourth-order valence-electron chi connectivity index (χ4n) is 4.24. The van der Waals surface area contributed by atoms with Crippen LogP contribution in [-0.2, 0) is 0 Å². The first-order valence-corrected chi connectivity index (χ1v) is 11.2. The van der Waals surface area contributed by atoms with Gasteiger partial charge in [-0.2, -0.15) is 4.98 Å². The highest BCUT2D eigenvalue weighted by Crippen LogP contribution is 2.25. The highest BCUT2D eigenvalue weighted by molar-refractivity contribution is 5.92. The third kappa shape index (κ3) is 4.57. The third-order valence-corrected chi connectivity index (χ3v) is 6.00. The fraction of sp³-hybridized carbons (Fsp3) is 0.320. The number of nitrogens with one attached hydrogen (secondary N) is 1. The first-order valence-electron chi connectivity index (χ1n) is 11.2. The van der Waals surface area contributed by atoms with Crippen LogP contribution in [-0.4, -0.2) is 59.2 Å². The van der Waals surface area contributed by atoms with Crippen LogP contribution >= 0.6 is 0 Å². The minimum Gasteiger partial charge on any atom is -0.478 e. The molecule has 0 spiro atoms. The monoisotopic (exact) mass is 429 g/mol. The highest BCUT2D eigenvalue weighted by atomic mass is 16.5. The SMILES string of the molecule is O=c1ccc2ccc(OCCCCN3CCN(c4nccc5ccccc45)CC3)nc2[nH]1. The first-order chi connectivity index (χ1) is 15.8. The number of ether oxygens (including phenoxy) is 1. The number of fused-ring (bicyclic) bond motifs is 2. The van der Waals surface area contributed by atoms with E-state index in [0.29, 0.717) is 18.1 Å². The number of piperazine rings is 1. The molecule has 5 rings (SSSR count). The van der Waals surface area contributed by atoms with E-state index in [9.17, 15) is 4.79 Å². The molecule has 1 aliphatic rings. The molecule has 1 aliphatic heterocycles. The van der Waals surface area contributed by atoms with E-state index < -0.39 is 0 Å². The van der Waals surface area contributed by atoms with Gasteiger partial charge in [-0.3, -0.25) is 9.69 Å². The van der Waals surface area contributed by atoms with Gasteiger partial charge in [-0.15, -0.1) is 0 Å². The number of H-pyrrole nitrogens is 1. The fourth-order valence-corrected chi connectivity index (χ4v) is 4.24.